The fourth-order valence-corrected chi connectivity index (χ4v) is 1.76. The molecule has 0 N–H and O–H groups in total. The summed E-state index contributed by atoms with van der Waals surface area (Å²) in [6, 6.07) is 0. The maximum Gasteiger partial charge on any atom is 0.166 e. The summed E-state index contributed by atoms with van der Waals surface area (Å²) in [5.74, 6) is 0. The molecule has 0 spiro atoms. The van der Waals surface area contributed by atoms with Crippen LogP contribution >= 0.6 is 22.9 Å². The largest absolute Gasteiger partial charge is 0.230 e. The van der Waals surface area contributed by atoms with Gasteiger partial charge in [-0.05, 0) is 20.9 Å². The molecular weight excluding hydrogens is 265 g/mol. The number of rotatable bonds is 2. The molecule has 0 unspecified atom stereocenters. The second-order valence-electron chi connectivity index (χ2n) is 2.70. The molecule has 0 aromatic rings. The fraction of sp³-hybridized carbons (Fsp3) is 1.00. The highest BCUT2D eigenvalue weighted by molar-refractivity contribution is 14.1. The van der Waals surface area contributed by atoms with Gasteiger partial charge in [0.1, 0.15) is 4.87 Å². The van der Waals surface area contributed by atoms with Crippen molar-refractivity contribution < 1.29 is 8.42 Å². The van der Waals surface area contributed by atoms with E-state index in [-0.39, 0.29) is 0 Å². The van der Waals surface area contributed by atoms with Gasteiger partial charge in [0.2, 0.25) is 0 Å². The third kappa shape index (κ3) is 2.06. The van der Waals surface area contributed by atoms with Crippen LogP contribution in [0.5, 0.6) is 0 Å². The lowest BCUT2D eigenvalue weighted by Crippen LogP contribution is -2.41. The first-order chi connectivity index (χ1) is 4.19. The lowest BCUT2D eigenvalue weighted by molar-refractivity contribution is 0.418. The Morgan fingerprint density at radius 1 is 1.40 bits per heavy atom. The van der Waals surface area contributed by atoms with E-state index in [1.807, 2.05) is 22.9 Å². The van der Waals surface area contributed by atoms with E-state index in [1.54, 1.807) is 24.0 Å². The summed E-state index contributed by atoms with van der Waals surface area (Å²) in [6.07, 6.45) is 1.24. The molecule has 3 nitrogen and oxygen atoms in total. The molecule has 0 rings (SSSR count). The summed E-state index contributed by atoms with van der Waals surface area (Å²) < 4.78 is 23.7. The van der Waals surface area contributed by atoms with Crippen molar-refractivity contribution in [3.63, 3.8) is 0 Å². The van der Waals surface area contributed by atoms with Crippen molar-refractivity contribution in [3.05, 3.63) is 0 Å². The molecule has 0 atom stereocenters. The van der Waals surface area contributed by atoms with E-state index in [0.29, 0.717) is 0 Å². The first kappa shape index (κ1) is 10.6. The standard InChI is InChI=1S/C5H12INO2S/c1-5(2,7(3)6)10(4,8)9/h1-4H3. The molecule has 0 saturated carbocycles. The van der Waals surface area contributed by atoms with Crippen molar-refractivity contribution in [2.75, 3.05) is 13.3 Å². The van der Waals surface area contributed by atoms with Gasteiger partial charge in [-0.1, -0.05) is 0 Å². The van der Waals surface area contributed by atoms with Crippen LogP contribution in [0.25, 0.3) is 0 Å². The molecule has 10 heavy (non-hydrogen) atoms. The van der Waals surface area contributed by atoms with Crippen molar-refractivity contribution >= 4 is 32.7 Å². The van der Waals surface area contributed by atoms with Crippen molar-refractivity contribution in [2.24, 2.45) is 0 Å². The number of hydrogen-bond acceptors (Lipinski definition) is 3. The second-order valence-corrected chi connectivity index (χ2v) is 6.69. The highest BCUT2D eigenvalue weighted by atomic mass is 127. The number of halogens is 1. The van der Waals surface area contributed by atoms with Gasteiger partial charge in [-0.25, -0.2) is 11.5 Å². The smallest absolute Gasteiger partial charge is 0.166 e. The van der Waals surface area contributed by atoms with E-state index in [9.17, 15) is 8.42 Å². The maximum atomic E-state index is 11.0. The maximum absolute atomic E-state index is 11.0. The van der Waals surface area contributed by atoms with Crippen LogP contribution in [-0.4, -0.2) is 29.7 Å². The Bertz CT molecular complexity index is 208. The molecule has 0 bridgehead atoms. The summed E-state index contributed by atoms with van der Waals surface area (Å²) in [5.41, 5.74) is 0. The van der Waals surface area contributed by atoms with E-state index in [0.717, 1.165) is 0 Å². The topological polar surface area (TPSA) is 37.4 Å². The molecule has 0 saturated heterocycles. The minimum absolute atomic E-state index is 0.770. The van der Waals surface area contributed by atoms with E-state index in [2.05, 4.69) is 0 Å². The van der Waals surface area contributed by atoms with Crippen LogP contribution < -0.4 is 0 Å². The summed E-state index contributed by atoms with van der Waals surface area (Å²) in [4.78, 5) is -0.770. The quantitative estimate of drug-likeness (QED) is 0.559. The van der Waals surface area contributed by atoms with Crippen LogP contribution in [0.2, 0.25) is 0 Å². The van der Waals surface area contributed by atoms with Crippen LogP contribution in [0.1, 0.15) is 13.8 Å². The van der Waals surface area contributed by atoms with E-state index >= 15 is 0 Å². The summed E-state index contributed by atoms with van der Waals surface area (Å²) in [6.45, 7) is 3.35. The van der Waals surface area contributed by atoms with Crippen LogP contribution in [0, 0.1) is 0 Å². The second kappa shape index (κ2) is 2.94. The zero-order chi connectivity index (χ0) is 8.58. The Morgan fingerprint density at radius 3 is 1.70 bits per heavy atom. The van der Waals surface area contributed by atoms with Crippen molar-refractivity contribution in [2.45, 2.75) is 18.7 Å². The van der Waals surface area contributed by atoms with Gasteiger partial charge in [-0.2, -0.15) is 0 Å². The average Bonchev–Trinajstić information content (AvgIpc) is 1.62. The van der Waals surface area contributed by atoms with Crippen LogP contribution in [0.4, 0.5) is 0 Å². The van der Waals surface area contributed by atoms with E-state index in [4.69, 9.17) is 0 Å². The summed E-state index contributed by atoms with van der Waals surface area (Å²) in [7, 11) is -1.25. The minimum atomic E-state index is -2.98. The summed E-state index contributed by atoms with van der Waals surface area (Å²) in [5, 5.41) is 0. The zero-order valence-corrected chi connectivity index (χ0v) is 9.52. The minimum Gasteiger partial charge on any atom is -0.230 e. The lowest BCUT2D eigenvalue weighted by Gasteiger charge is -2.27. The molecule has 62 valence electrons. The fourth-order valence-electron chi connectivity index (χ4n) is 0.228. The predicted molar refractivity (Wildman–Crippen MR) is 50.7 cm³/mol. The van der Waals surface area contributed by atoms with Crippen molar-refractivity contribution in [3.8, 4) is 0 Å². The number of sulfone groups is 1. The molecular formula is C5H12INO2S. The predicted octanol–water partition coefficient (Wildman–Crippen LogP) is 1.05. The first-order valence-electron chi connectivity index (χ1n) is 2.79. The van der Waals surface area contributed by atoms with Gasteiger partial charge >= 0.3 is 0 Å². The van der Waals surface area contributed by atoms with E-state index in [1.165, 1.54) is 6.26 Å². The molecule has 0 aliphatic rings. The summed E-state index contributed by atoms with van der Waals surface area (Å²) >= 11 is 1.96. The van der Waals surface area contributed by atoms with Crippen LogP contribution in [-0.2, 0) is 9.84 Å². The SMILES string of the molecule is CN(I)C(C)(C)S(C)(=O)=O. The Labute approximate surface area is 76.2 Å². The van der Waals surface area contributed by atoms with Gasteiger partial charge in [0, 0.05) is 29.1 Å². The molecule has 0 aliphatic heterocycles. The third-order valence-corrected chi connectivity index (χ3v) is 5.27. The Kier molecular flexibility index (Phi) is 3.13. The molecule has 0 fully saturated rings. The number of hydrogen-bond donors (Lipinski definition) is 0. The average molecular weight is 277 g/mol. The van der Waals surface area contributed by atoms with Gasteiger partial charge in [-0.15, -0.1) is 0 Å². The Hall–Kier alpha value is 0.640. The highest BCUT2D eigenvalue weighted by Gasteiger charge is 2.33. The number of nitrogens with zero attached hydrogens (tertiary/aromatic N) is 1. The van der Waals surface area contributed by atoms with Gasteiger partial charge in [0.05, 0.1) is 0 Å². The molecule has 5 heteroatoms. The molecule has 0 aromatic heterocycles. The van der Waals surface area contributed by atoms with Crippen molar-refractivity contribution in [1.29, 1.82) is 0 Å². The van der Waals surface area contributed by atoms with Gasteiger partial charge in [0.15, 0.2) is 9.84 Å². The normalized spacial score (nSPS) is 14.2. The monoisotopic (exact) mass is 277 g/mol. The Morgan fingerprint density at radius 2 is 1.70 bits per heavy atom. The van der Waals surface area contributed by atoms with Crippen LogP contribution in [0.3, 0.4) is 0 Å². The van der Waals surface area contributed by atoms with Crippen LogP contribution in [0.15, 0.2) is 0 Å². The third-order valence-electron chi connectivity index (χ3n) is 1.65. The molecule has 0 radical (unpaired) electrons. The lowest BCUT2D eigenvalue weighted by atomic mass is 10.4. The first-order valence-corrected chi connectivity index (χ1v) is 5.64. The molecule has 0 aromatic carbocycles. The molecule has 0 amide bonds. The molecule has 0 aliphatic carbocycles. The zero-order valence-electron chi connectivity index (χ0n) is 6.55. The van der Waals surface area contributed by atoms with Crippen molar-refractivity contribution in [1.82, 2.24) is 3.11 Å². The van der Waals surface area contributed by atoms with E-state index < -0.39 is 14.7 Å². The highest BCUT2D eigenvalue weighted by Crippen LogP contribution is 2.21. The van der Waals surface area contributed by atoms with Gasteiger partial charge in [-0.3, -0.25) is 0 Å². The Balaban J connectivity index is 4.76. The van der Waals surface area contributed by atoms with Gasteiger partial charge in [0.25, 0.3) is 0 Å². The molecule has 0 heterocycles. The van der Waals surface area contributed by atoms with Gasteiger partial charge < -0.3 is 0 Å².